The molecule has 98 valence electrons. The molecule has 0 aliphatic carbocycles. The predicted molar refractivity (Wildman–Crippen MR) is 76.6 cm³/mol. The molecule has 1 heterocycles. The summed E-state index contributed by atoms with van der Waals surface area (Å²) >= 11 is 0. The van der Waals surface area contributed by atoms with Gasteiger partial charge in [-0.15, -0.1) is 0 Å². The van der Waals surface area contributed by atoms with E-state index in [1.807, 2.05) is 42.6 Å². The van der Waals surface area contributed by atoms with Crippen LogP contribution in [0.25, 0.3) is 10.9 Å². The lowest BCUT2D eigenvalue weighted by Crippen LogP contribution is -2.34. The van der Waals surface area contributed by atoms with Gasteiger partial charge < -0.3 is 5.11 Å². The van der Waals surface area contributed by atoms with E-state index < -0.39 is 5.97 Å². The van der Waals surface area contributed by atoms with Gasteiger partial charge in [0.15, 0.2) is 12.7 Å². The number of rotatable bonds is 3. The van der Waals surface area contributed by atoms with Crippen molar-refractivity contribution in [1.82, 2.24) is 0 Å². The number of hydrogen-bond acceptors (Lipinski definition) is 1. The van der Waals surface area contributed by atoms with Crippen molar-refractivity contribution in [3.05, 3.63) is 78.0 Å². The van der Waals surface area contributed by atoms with Gasteiger partial charge in [-0.2, -0.15) is 4.57 Å². The molecule has 0 atom stereocenters. The smallest absolute Gasteiger partial charge is 0.335 e. The van der Waals surface area contributed by atoms with Gasteiger partial charge in [0.05, 0.1) is 5.56 Å². The summed E-state index contributed by atoms with van der Waals surface area (Å²) in [4.78, 5) is 11.1. The standard InChI is InChI=1S/C17H13NO2/c19-17(20)15-9-8-14-7-4-10-18(16(14)11-15)12-13-5-2-1-3-6-13/h1-11H,12H2/p+1. The van der Waals surface area contributed by atoms with Gasteiger partial charge in [0.2, 0.25) is 5.52 Å². The highest BCUT2D eigenvalue weighted by Crippen LogP contribution is 2.13. The predicted octanol–water partition coefficient (Wildman–Crippen LogP) is 2.87. The Bertz CT molecular complexity index is 766. The second-order valence-corrected chi connectivity index (χ2v) is 4.70. The first-order valence-corrected chi connectivity index (χ1v) is 6.43. The molecule has 3 rings (SSSR count). The van der Waals surface area contributed by atoms with Crippen LogP contribution in [0.3, 0.4) is 0 Å². The summed E-state index contributed by atoms with van der Waals surface area (Å²) in [6.45, 7) is 0.723. The molecule has 0 radical (unpaired) electrons. The van der Waals surface area contributed by atoms with E-state index >= 15 is 0 Å². The van der Waals surface area contributed by atoms with Crippen molar-refractivity contribution < 1.29 is 14.5 Å². The SMILES string of the molecule is O=C(O)c1ccc2ccc[n+](Cc3ccccc3)c2c1. The molecule has 1 N–H and O–H groups in total. The highest BCUT2D eigenvalue weighted by atomic mass is 16.4. The zero-order chi connectivity index (χ0) is 13.9. The van der Waals surface area contributed by atoms with Crippen LogP contribution in [0.15, 0.2) is 66.9 Å². The maximum atomic E-state index is 11.1. The third kappa shape index (κ3) is 2.38. The van der Waals surface area contributed by atoms with Gasteiger partial charge in [-0.25, -0.2) is 4.79 Å². The Labute approximate surface area is 116 Å². The minimum Gasteiger partial charge on any atom is -0.478 e. The number of carboxylic acid groups (broad SMARTS) is 1. The van der Waals surface area contributed by atoms with Crippen molar-refractivity contribution in [2.75, 3.05) is 0 Å². The lowest BCUT2D eigenvalue weighted by Gasteiger charge is -2.03. The number of fused-ring (bicyclic) bond motifs is 1. The number of carbonyl (C=O) groups is 1. The lowest BCUT2D eigenvalue weighted by atomic mass is 10.1. The van der Waals surface area contributed by atoms with Crippen molar-refractivity contribution in [3.8, 4) is 0 Å². The normalized spacial score (nSPS) is 10.6. The molecule has 0 saturated carbocycles. The Morgan fingerprint density at radius 1 is 1.00 bits per heavy atom. The number of aromatic nitrogens is 1. The molecule has 20 heavy (non-hydrogen) atoms. The lowest BCUT2D eigenvalue weighted by molar-refractivity contribution is -0.662. The van der Waals surface area contributed by atoms with Crippen LogP contribution in [-0.4, -0.2) is 11.1 Å². The molecule has 3 aromatic rings. The van der Waals surface area contributed by atoms with Gasteiger partial charge in [-0.3, -0.25) is 0 Å². The van der Waals surface area contributed by atoms with Crippen molar-refractivity contribution in [2.24, 2.45) is 0 Å². The molecule has 2 aromatic carbocycles. The largest absolute Gasteiger partial charge is 0.478 e. The Kier molecular flexibility index (Phi) is 3.17. The van der Waals surface area contributed by atoms with Crippen molar-refractivity contribution in [1.29, 1.82) is 0 Å². The molecule has 0 aliphatic rings. The zero-order valence-corrected chi connectivity index (χ0v) is 10.9. The minimum atomic E-state index is -0.901. The topological polar surface area (TPSA) is 41.2 Å². The van der Waals surface area contributed by atoms with Crippen LogP contribution in [0.1, 0.15) is 15.9 Å². The highest BCUT2D eigenvalue weighted by molar-refractivity contribution is 5.92. The van der Waals surface area contributed by atoms with Gasteiger partial charge in [-0.05, 0) is 18.2 Å². The van der Waals surface area contributed by atoms with Gasteiger partial charge >= 0.3 is 5.97 Å². The summed E-state index contributed by atoms with van der Waals surface area (Å²) in [7, 11) is 0. The zero-order valence-electron chi connectivity index (χ0n) is 10.9. The van der Waals surface area contributed by atoms with Gasteiger partial charge in [0.1, 0.15) is 0 Å². The van der Waals surface area contributed by atoms with Crippen molar-refractivity contribution in [3.63, 3.8) is 0 Å². The Morgan fingerprint density at radius 3 is 2.55 bits per heavy atom. The Hall–Kier alpha value is -2.68. The third-order valence-corrected chi connectivity index (χ3v) is 3.32. The van der Waals surface area contributed by atoms with Crippen LogP contribution in [-0.2, 0) is 6.54 Å². The molecule has 0 saturated heterocycles. The number of benzene rings is 2. The number of pyridine rings is 1. The van der Waals surface area contributed by atoms with Crippen LogP contribution in [0, 0.1) is 0 Å². The first-order chi connectivity index (χ1) is 9.74. The van der Waals surface area contributed by atoms with E-state index in [1.165, 1.54) is 5.56 Å². The van der Waals surface area contributed by atoms with Crippen LogP contribution < -0.4 is 4.57 Å². The first kappa shape index (κ1) is 12.4. The monoisotopic (exact) mass is 264 g/mol. The summed E-state index contributed by atoms with van der Waals surface area (Å²) in [6, 6.07) is 19.3. The van der Waals surface area contributed by atoms with E-state index in [4.69, 9.17) is 5.11 Å². The van der Waals surface area contributed by atoms with E-state index in [1.54, 1.807) is 12.1 Å². The van der Waals surface area contributed by atoms with E-state index in [0.717, 1.165) is 17.4 Å². The maximum absolute atomic E-state index is 11.1. The summed E-state index contributed by atoms with van der Waals surface area (Å²) < 4.78 is 2.07. The van der Waals surface area contributed by atoms with Crippen molar-refractivity contribution >= 4 is 16.9 Å². The molecule has 0 unspecified atom stereocenters. The fourth-order valence-electron chi connectivity index (χ4n) is 2.32. The number of carboxylic acids is 1. The van der Waals surface area contributed by atoms with E-state index in [9.17, 15) is 4.79 Å². The first-order valence-electron chi connectivity index (χ1n) is 6.43. The van der Waals surface area contributed by atoms with Gasteiger partial charge in [-0.1, -0.05) is 30.3 Å². The summed E-state index contributed by atoms with van der Waals surface area (Å²) in [6.07, 6.45) is 1.97. The second-order valence-electron chi connectivity index (χ2n) is 4.70. The van der Waals surface area contributed by atoms with Crippen LogP contribution in [0.2, 0.25) is 0 Å². The van der Waals surface area contributed by atoms with E-state index in [-0.39, 0.29) is 0 Å². The molecule has 0 amide bonds. The maximum Gasteiger partial charge on any atom is 0.335 e. The van der Waals surface area contributed by atoms with Gasteiger partial charge in [0, 0.05) is 23.1 Å². The van der Waals surface area contributed by atoms with Crippen LogP contribution >= 0.6 is 0 Å². The van der Waals surface area contributed by atoms with E-state index in [2.05, 4.69) is 16.7 Å². The average Bonchev–Trinajstić information content (AvgIpc) is 2.48. The summed E-state index contributed by atoms with van der Waals surface area (Å²) in [5, 5.41) is 10.2. The van der Waals surface area contributed by atoms with Crippen LogP contribution in [0.5, 0.6) is 0 Å². The summed E-state index contributed by atoms with van der Waals surface area (Å²) in [5.74, 6) is -0.901. The third-order valence-electron chi connectivity index (χ3n) is 3.32. The molecule has 0 spiro atoms. The molecule has 3 heteroatoms. The van der Waals surface area contributed by atoms with Crippen molar-refractivity contribution in [2.45, 2.75) is 6.54 Å². The summed E-state index contributed by atoms with van der Waals surface area (Å²) in [5.41, 5.74) is 2.42. The Morgan fingerprint density at radius 2 is 1.80 bits per heavy atom. The quantitative estimate of drug-likeness (QED) is 0.739. The average molecular weight is 264 g/mol. The number of aromatic carboxylic acids is 1. The molecule has 3 nitrogen and oxygen atoms in total. The molecular weight excluding hydrogens is 250 g/mol. The molecule has 0 aliphatic heterocycles. The fourth-order valence-corrected chi connectivity index (χ4v) is 2.32. The van der Waals surface area contributed by atoms with Gasteiger partial charge in [0.25, 0.3) is 0 Å². The molecular formula is C17H14NO2+. The van der Waals surface area contributed by atoms with E-state index in [0.29, 0.717) is 5.56 Å². The molecule has 1 aromatic heterocycles. The molecule has 0 bridgehead atoms. The highest BCUT2D eigenvalue weighted by Gasteiger charge is 2.12. The molecule has 0 fully saturated rings. The second kappa shape index (κ2) is 5.13. The number of hydrogen-bond donors (Lipinski definition) is 1. The number of nitrogens with zero attached hydrogens (tertiary/aromatic N) is 1. The fraction of sp³-hybridized carbons (Fsp3) is 0.0588. The Balaban J connectivity index is 2.10. The minimum absolute atomic E-state index is 0.311. The van der Waals surface area contributed by atoms with Crippen LogP contribution in [0.4, 0.5) is 0 Å².